The number of nitrogens with one attached hydrogen (secondary N) is 1. The van der Waals surface area contributed by atoms with Crippen LogP contribution in [-0.4, -0.2) is 142 Å². The van der Waals surface area contributed by atoms with E-state index in [0.29, 0.717) is 0 Å². The van der Waals surface area contributed by atoms with Gasteiger partial charge in [-0.05, 0) is 0 Å². The van der Waals surface area contributed by atoms with Gasteiger partial charge in [-0.3, -0.25) is 14.1 Å². The number of hydrogen-bond acceptors (Lipinski definition) is 5. The van der Waals surface area contributed by atoms with Gasteiger partial charge in [0.25, 0.3) is 10.1 Å². The molecule has 0 heterocycles. The molecule has 0 aliphatic carbocycles. The van der Waals surface area contributed by atoms with Crippen molar-refractivity contribution in [2.24, 2.45) is 0 Å². The van der Waals surface area contributed by atoms with Gasteiger partial charge in [0.1, 0.15) is 6.04 Å². The monoisotopic (exact) mass is 313 g/mol. The average Bonchev–Trinajstić information content (AvgIpc) is 1.99. The van der Waals surface area contributed by atoms with Gasteiger partial charge in [0.05, 0.1) is 12.2 Å². The van der Waals surface area contributed by atoms with Crippen molar-refractivity contribution in [1.29, 1.82) is 0 Å². The summed E-state index contributed by atoms with van der Waals surface area (Å²) < 4.78 is 28.8. The van der Waals surface area contributed by atoms with Crippen molar-refractivity contribution in [3.63, 3.8) is 0 Å². The van der Waals surface area contributed by atoms with E-state index in [4.69, 9.17) is 14.8 Å². The fourth-order valence-electron chi connectivity index (χ4n) is 0.784. The zero-order chi connectivity index (χ0) is 12.1. The van der Waals surface area contributed by atoms with Crippen molar-refractivity contribution in [2.45, 2.75) is 12.5 Å². The molecule has 18 heavy (non-hydrogen) atoms. The van der Waals surface area contributed by atoms with Crippen LogP contribution in [0, 0.1) is 0 Å². The Kier molecular flexibility index (Phi) is 21.5. The number of aliphatic carboxylic acids is 2. The molecule has 0 aliphatic heterocycles. The summed E-state index contributed by atoms with van der Waals surface area (Å²) in [6.07, 6.45) is -0.666. The normalized spacial score (nSPS) is 11.2. The van der Waals surface area contributed by atoms with Crippen LogP contribution in [0.15, 0.2) is 0 Å². The van der Waals surface area contributed by atoms with Crippen LogP contribution in [0.2, 0.25) is 0 Å². The number of hydrogen-bond donors (Lipinski definition) is 4. The number of rotatable bonds is 7. The van der Waals surface area contributed by atoms with Crippen LogP contribution in [-0.2, 0) is 19.7 Å². The topological polar surface area (TPSA) is 141 Å². The van der Waals surface area contributed by atoms with Crippen LogP contribution in [0.5, 0.6) is 0 Å². The molecular formula is C6H14NNa3O7S. The molecule has 1 unspecified atom stereocenters. The van der Waals surface area contributed by atoms with E-state index in [1.807, 2.05) is 0 Å². The van der Waals surface area contributed by atoms with E-state index in [1.165, 1.54) is 0 Å². The summed E-state index contributed by atoms with van der Waals surface area (Å²) in [6.45, 7) is -0.330. The minimum absolute atomic E-state index is 0. The Morgan fingerprint density at radius 2 is 1.56 bits per heavy atom. The van der Waals surface area contributed by atoms with E-state index in [2.05, 4.69) is 5.32 Å². The fraction of sp³-hybridized carbons (Fsp3) is 0.667. The van der Waals surface area contributed by atoms with Crippen LogP contribution < -0.4 is 5.32 Å². The van der Waals surface area contributed by atoms with Gasteiger partial charge in [0.15, 0.2) is 0 Å². The third-order valence-corrected chi connectivity index (χ3v) is 2.15. The average molecular weight is 313 g/mol. The molecule has 0 saturated carbocycles. The molecule has 1 atom stereocenters. The first-order valence-electron chi connectivity index (χ1n) is 3.85. The Labute approximate surface area is 171 Å². The Hall–Kier alpha value is 1.81. The van der Waals surface area contributed by atoms with Gasteiger partial charge in [0, 0.05) is 6.54 Å². The second kappa shape index (κ2) is 13.8. The molecule has 0 spiro atoms. The van der Waals surface area contributed by atoms with E-state index in [9.17, 15) is 18.0 Å². The zero-order valence-corrected chi connectivity index (χ0v) is 8.40. The number of carboxylic acid groups (broad SMARTS) is 2. The van der Waals surface area contributed by atoms with Crippen molar-refractivity contribution in [1.82, 2.24) is 5.32 Å². The fourth-order valence-corrected chi connectivity index (χ4v) is 1.16. The summed E-state index contributed by atoms with van der Waals surface area (Å²) in [5.41, 5.74) is 0. The SMILES string of the molecule is O=C(O)CC(NCCS(=O)(=O)O)C(=O)O.[NaH].[NaH].[NaH]. The second-order valence-electron chi connectivity index (χ2n) is 2.73. The van der Waals surface area contributed by atoms with Crippen LogP contribution >= 0.6 is 0 Å². The molecule has 12 heteroatoms. The molecule has 0 radical (unpaired) electrons. The van der Waals surface area contributed by atoms with E-state index in [1.54, 1.807) is 0 Å². The summed E-state index contributed by atoms with van der Waals surface area (Å²) in [4.78, 5) is 20.7. The standard InChI is InChI=1S/C6H11NO7S.3Na.3H/c8-5(9)3-4(6(10)11)7-1-2-15(12,13)14;;;;;;/h4,7H,1-3H2,(H,8,9)(H,10,11)(H,12,13,14);;;;;;. The molecule has 4 N–H and O–H groups in total. The Morgan fingerprint density at radius 1 is 1.11 bits per heavy atom. The van der Waals surface area contributed by atoms with Crippen molar-refractivity contribution in [2.75, 3.05) is 12.3 Å². The molecule has 0 bridgehead atoms. The molecule has 0 saturated heterocycles. The summed E-state index contributed by atoms with van der Waals surface area (Å²) >= 11 is 0. The maximum atomic E-state index is 10.5. The first-order valence-corrected chi connectivity index (χ1v) is 5.46. The molecule has 0 aromatic heterocycles. The van der Waals surface area contributed by atoms with Gasteiger partial charge in [-0.15, -0.1) is 0 Å². The first-order chi connectivity index (χ1) is 6.72. The van der Waals surface area contributed by atoms with Crippen LogP contribution in [0.25, 0.3) is 0 Å². The minimum atomic E-state index is -4.18. The van der Waals surface area contributed by atoms with E-state index in [0.717, 1.165) is 0 Å². The predicted molar refractivity (Wildman–Crippen MR) is 69.5 cm³/mol. The third-order valence-electron chi connectivity index (χ3n) is 1.43. The van der Waals surface area contributed by atoms with Crippen LogP contribution in [0.3, 0.4) is 0 Å². The summed E-state index contributed by atoms with van der Waals surface area (Å²) in [5.74, 6) is -3.38. The number of carboxylic acids is 2. The Bertz CT molecular complexity index is 347. The van der Waals surface area contributed by atoms with E-state index in [-0.39, 0.29) is 95.2 Å². The summed E-state index contributed by atoms with van der Waals surface area (Å²) in [5, 5.41) is 19.0. The Morgan fingerprint density at radius 3 is 1.83 bits per heavy atom. The van der Waals surface area contributed by atoms with Gasteiger partial charge in [-0.1, -0.05) is 0 Å². The number of carbonyl (C=O) groups is 2. The molecule has 0 fully saturated rings. The van der Waals surface area contributed by atoms with E-state index < -0.39 is 40.3 Å². The summed E-state index contributed by atoms with van der Waals surface area (Å²) in [7, 11) is -4.18. The van der Waals surface area contributed by atoms with Gasteiger partial charge in [-0.25, -0.2) is 0 Å². The molecule has 8 nitrogen and oxygen atoms in total. The second-order valence-corrected chi connectivity index (χ2v) is 4.30. The van der Waals surface area contributed by atoms with Crippen molar-refractivity contribution < 1.29 is 32.8 Å². The quantitative estimate of drug-likeness (QED) is 0.280. The van der Waals surface area contributed by atoms with Crippen molar-refractivity contribution >= 4 is 111 Å². The first kappa shape index (κ1) is 28.0. The third kappa shape index (κ3) is 17.8. The molecule has 0 aliphatic rings. The molecule has 0 aromatic carbocycles. The van der Waals surface area contributed by atoms with Crippen molar-refractivity contribution in [3.8, 4) is 0 Å². The molecule has 0 aromatic rings. The van der Waals surface area contributed by atoms with E-state index >= 15 is 0 Å². The van der Waals surface area contributed by atoms with Crippen LogP contribution in [0.1, 0.15) is 6.42 Å². The Balaban J connectivity index is -0.000000327. The van der Waals surface area contributed by atoms with Gasteiger partial charge < -0.3 is 15.5 Å². The van der Waals surface area contributed by atoms with Crippen molar-refractivity contribution in [3.05, 3.63) is 0 Å². The maximum absolute atomic E-state index is 10.5. The molecular weight excluding hydrogens is 299 g/mol. The molecule has 0 amide bonds. The zero-order valence-electron chi connectivity index (χ0n) is 7.58. The molecule has 0 rings (SSSR count). The van der Waals surface area contributed by atoms with Crippen LogP contribution in [0.4, 0.5) is 0 Å². The summed E-state index contributed by atoms with van der Waals surface area (Å²) in [6, 6.07) is -1.37. The molecule has 94 valence electrons. The van der Waals surface area contributed by atoms with Gasteiger partial charge in [0.2, 0.25) is 0 Å². The predicted octanol–water partition coefficient (Wildman–Crippen LogP) is -3.55. The van der Waals surface area contributed by atoms with Gasteiger partial charge >= 0.3 is 101 Å². The van der Waals surface area contributed by atoms with Gasteiger partial charge in [-0.2, -0.15) is 8.42 Å².